The van der Waals surface area contributed by atoms with Crippen LogP contribution >= 0.6 is 0 Å². The van der Waals surface area contributed by atoms with E-state index in [-0.39, 0.29) is 5.75 Å². The van der Waals surface area contributed by atoms with Crippen LogP contribution in [0.2, 0.25) is 0 Å². The fourth-order valence-electron chi connectivity index (χ4n) is 3.99. The number of pyridine rings is 1. The first-order chi connectivity index (χ1) is 12.9. The van der Waals surface area contributed by atoms with E-state index in [0.717, 1.165) is 48.2 Å². The number of hydrogen-bond acceptors (Lipinski definition) is 5. The Morgan fingerprint density at radius 3 is 2.89 bits per heavy atom. The molecule has 2 aromatic rings. The van der Waals surface area contributed by atoms with Gasteiger partial charge >= 0.3 is 0 Å². The number of hydrogen-bond donors (Lipinski definition) is 2. The maximum atomic E-state index is 14.4. The summed E-state index contributed by atoms with van der Waals surface area (Å²) >= 11 is 0. The van der Waals surface area contributed by atoms with Crippen molar-refractivity contribution in [2.75, 3.05) is 13.1 Å². The summed E-state index contributed by atoms with van der Waals surface area (Å²) in [5.41, 5.74) is 5.16. The van der Waals surface area contributed by atoms with E-state index in [0.29, 0.717) is 29.9 Å². The Hall–Kier alpha value is -2.31. The Morgan fingerprint density at radius 2 is 2.11 bits per heavy atom. The fraction of sp³-hybridized carbons (Fsp3) is 0.429. The summed E-state index contributed by atoms with van der Waals surface area (Å²) in [7, 11) is 0. The predicted molar refractivity (Wildman–Crippen MR) is 105 cm³/mol. The van der Waals surface area contributed by atoms with Gasteiger partial charge in [0.2, 0.25) is 0 Å². The molecule has 0 radical (unpaired) electrons. The van der Waals surface area contributed by atoms with E-state index in [1.165, 1.54) is 6.07 Å². The van der Waals surface area contributed by atoms with Crippen molar-refractivity contribution < 1.29 is 9.50 Å². The van der Waals surface area contributed by atoms with Crippen molar-refractivity contribution in [3.8, 4) is 17.0 Å². The van der Waals surface area contributed by atoms with Crippen LogP contribution in [0.25, 0.3) is 11.3 Å². The molecule has 27 heavy (non-hydrogen) atoms. The van der Waals surface area contributed by atoms with Crippen LogP contribution in [0.4, 0.5) is 4.39 Å². The van der Waals surface area contributed by atoms with Crippen LogP contribution in [0.5, 0.6) is 5.75 Å². The van der Waals surface area contributed by atoms with Gasteiger partial charge in [0.1, 0.15) is 11.6 Å². The number of fused-ring (bicyclic) bond motifs is 1. The van der Waals surface area contributed by atoms with Gasteiger partial charge in [0.05, 0.1) is 17.9 Å². The zero-order valence-corrected chi connectivity index (χ0v) is 16.0. The summed E-state index contributed by atoms with van der Waals surface area (Å²) in [5.74, 6) is -0.548. The largest absolute Gasteiger partial charge is 0.508 e. The van der Waals surface area contributed by atoms with Crippen molar-refractivity contribution >= 4 is 5.71 Å². The third-order valence-corrected chi connectivity index (χ3v) is 5.50. The molecule has 0 spiro atoms. The highest BCUT2D eigenvalue weighted by Crippen LogP contribution is 2.31. The topological polar surface area (TPSA) is 60.8 Å². The molecule has 1 aromatic heterocycles. The summed E-state index contributed by atoms with van der Waals surface area (Å²) in [6.45, 7) is 9.69. The molecule has 0 saturated carbocycles. The van der Waals surface area contributed by atoms with E-state index in [1.807, 2.05) is 13.0 Å². The lowest BCUT2D eigenvalue weighted by Gasteiger charge is -2.38. The van der Waals surface area contributed by atoms with Crippen molar-refractivity contribution in [2.45, 2.75) is 45.9 Å². The SMILES string of the molecule is CC1=NCc2nc(-c3ccc(O)cc3F)cc(CN3C[C@@H](C)NC[C@@H]3C)c21. The van der Waals surface area contributed by atoms with E-state index < -0.39 is 5.82 Å². The molecule has 2 aliphatic heterocycles. The molecule has 2 N–H and O–H groups in total. The lowest BCUT2D eigenvalue weighted by atomic mass is 9.98. The number of phenolic OH excluding ortho intramolecular Hbond substituents is 1. The van der Waals surface area contributed by atoms with Crippen LogP contribution in [0, 0.1) is 5.82 Å². The fourth-order valence-corrected chi connectivity index (χ4v) is 3.99. The number of benzene rings is 1. The van der Waals surface area contributed by atoms with E-state index in [1.54, 1.807) is 6.07 Å². The monoisotopic (exact) mass is 368 g/mol. The minimum absolute atomic E-state index is 0.0829. The minimum atomic E-state index is -0.465. The highest BCUT2D eigenvalue weighted by atomic mass is 19.1. The van der Waals surface area contributed by atoms with Crippen LogP contribution in [0.15, 0.2) is 29.3 Å². The van der Waals surface area contributed by atoms with E-state index in [2.05, 4.69) is 34.0 Å². The number of phenols is 1. The molecular formula is C21H25FN4O. The minimum Gasteiger partial charge on any atom is -0.508 e. The molecule has 0 bridgehead atoms. The molecule has 1 aromatic carbocycles. The first-order valence-electron chi connectivity index (χ1n) is 9.43. The van der Waals surface area contributed by atoms with Gasteiger partial charge in [-0.25, -0.2) is 4.39 Å². The second kappa shape index (κ2) is 7.02. The maximum absolute atomic E-state index is 14.4. The van der Waals surface area contributed by atoms with Gasteiger partial charge < -0.3 is 10.4 Å². The molecule has 2 aliphatic rings. The number of aromatic nitrogens is 1. The molecule has 3 heterocycles. The molecular weight excluding hydrogens is 343 g/mol. The van der Waals surface area contributed by atoms with Gasteiger partial charge in [-0.2, -0.15) is 0 Å². The Labute approximate surface area is 159 Å². The number of aromatic hydroxyl groups is 1. The number of aliphatic imine (C=N–C) groups is 1. The average Bonchev–Trinajstić information content (AvgIpc) is 2.99. The van der Waals surface area contributed by atoms with Crippen LogP contribution in [-0.4, -0.2) is 45.9 Å². The number of rotatable bonds is 3. The Morgan fingerprint density at radius 1 is 1.30 bits per heavy atom. The molecule has 0 aliphatic carbocycles. The van der Waals surface area contributed by atoms with Gasteiger partial charge in [0.25, 0.3) is 0 Å². The number of nitrogens with zero attached hydrogens (tertiary/aromatic N) is 3. The molecule has 6 heteroatoms. The van der Waals surface area contributed by atoms with E-state index >= 15 is 0 Å². The predicted octanol–water partition coefficient (Wildman–Crippen LogP) is 3.10. The molecule has 142 valence electrons. The lowest BCUT2D eigenvalue weighted by Crippen LogP contribution is -2.53. The summed E-state index contributed by atoms with van der Waals surface area (Å²) in [5, 5.41) is 13.0. The Balaban J connectivity index is 1.75. The van der Waals surface area contributed by atoms with Gasteiger partial charge in [0.15, 0.2) is 0 Å². The third kappa shape index (κ3) is 3.47. The number of halogens is 1. The van der Waals surface area contributed by atoms with E-state index in [9.17, 15) is 9.50 Å². The highest BCUT2D eigenvalue weighted by Gasteiger charge is 2.26. The Kier molecular flexibility index (Phi) is 4.70. The van der Waals surface area contributed by atoms with Crippen molar-refractivity contribution in [1.82, 2.24) is 15.2 Å². The average molecular weight is 368 g/mol. The normalized spacial score (nSPS) is 22.6. The summed E-state index contributed by atoms with van der Waals surface area (Å²) in [6, 6.07) is 7.07. The molecule has 5 nitrogen and oxygen atoms in total. The summed E-state index contributed by atoms with van der Waals surface area (Å²) < 4.78 is 14.4. The van der Waals surface area contributed by atoms with Crippen LogP contribution in [0.1, 0.15) is 37.6 Å². The van der Waals surface area contributed by atoms with Gasteiger partial charge in [-0.05, 0) is 44.5 Å². The second-order valence-corrected chi connectivity index (χ2v) is 7.64. The lowest BCUT2D eigenvalue weighted by molar-refractivity contribution is 0.139. The third-order valence-electron chi connectivity index (χ3n) is 5.50. The molecule has 4 rings (SSSR count). The van der Waals surface area contributed by atoms with Gasteiger partial charge in [-0.15, -0.1) is 0 Å². The number of piperazine rings is 1. The smallest absolute Gasteiger partial charge is 0.136 e. The van der Waals surface area contributed by atoms with Crippen molar-refractivity contribution in [1.29, 1.82) is 0 Å². The molecule has 0 amide bonds. The van der Waals surface area contributed by atoms with Gasteiger partial charge in [-0.1, -0.05) is 0 Å². The summed E-state index contributed by atoms with van der Waals surface area (Å²) in [4.78, 5) is 11.7. The zero-order chi connectivity index (χ0) is 19.1. The zero-order valence-electron chi connectivity index (χ0n) is 16.0. The van der Waals surface area contributed by atoms with Crippen molar-refractivity contribution in [2.24, 2.45) is 4.99 Å². The quantitative estimate of drug-likeness (QED) is 0.874. The van der Waals surface area contributed by atoms with E-state index in [4.69, 9.17) is 0 Å². The Bertz CT molecular complexity index is 911. The molecule has 1 fully saturated rings. The molecule has 0 unspecified atom stereocenters. The number of nitrogens with one attached hydrogen (secondary N) is 1. The maximum Gasteiger partial charge on any atom is 0.136 e. The van der Waals surface area contributed by atoms with Crippen LogP contribution in [-0.2, 0) is 13.1 Å². The molecule has 2 atom stereocenters. The first-order valence-corrected chi connectivity index (χ1v) is 9.43. The highest BCUT2D eigenvalue weighted by molar-refractivity contribution is 6.03. The first kappa shape index (κ1) is 18.1. The summed E-state index contributed by atoms with van der Waals surface area (Å²) in [6.07, 6.45) is 0. The molecule has 1 saturated heterocycles. The van der Waals surface area contributed by atoms with Gasteiger partial charge in [0, 0.05) is 54.6 Å². The standard InChI is InChI=1S/C21H25FN4O/c1-12-10-26(13(2)8-23-12)11-15-6-19(17-5-4-16(27)7-18(17)22)25-20-9-24-14(3)21(15)20/h4-7,12-13,23,27H,8-11H2,1-3H3/t12-,13+/m1/s1. The van der Waals surface area contributed by atoms with Crippen molar-refractivity contribution in [3.05, 3.63) is 46.9 Å². The van der Waals surface area contributed by atoms with Crippen LogP contribution in [0.3, 0.4) is 0 Å². The second-order valence-electron chi connectivity index (χ2n) is 7.64. The van der Waals surface area contributed by atoms with Crippen molar-refractivity contribution in [3.63, 3.8) is 0 Å². The van der Waals surface area contributed by atoms with Crippen LogP contribution < -0.4 is 5.32 Å². The van der Waals surface area contributed by atoms with Gasteiger partial charge in [-0.3, -0.25) is 14.9 Å².